The molecule has 0 saturated carbocycles. The molecular formula is C10H7Br2ClS2. The molecule has 5 heteroatoms. The van der Waals surface area contributed by atoms with Gasteiger partial charge in [0.15, 0.2) is 0 Å². The van der Waals surface area contributed by atoms with Gasteiger partial charge >= 0.3 is 0 Å². The summed E-state index contributed by atoms with van der Waals surface area (Å²) in [6, 6.07) is 6.33. The van der Waals surface area contributed by atoms with Gasteiger partial charge in [0.25, 0.3) is 0 Å². The summed E-state index contributed by atoms with van der Waals surface area (Å²) in [4.78, 5) is 2.80. The van der Waals surface area contributed by atoms with Crippen LogP contribution in [0.1, 0.15) is 20.1 Å². The van der Waals surface area contributed by atoms with Crippen molar-refractivity contribution in [2.45, 2.75) is 11.8 Å². The molecule has 0 bridgehead atoms. The maximum atomic E-state index is 6.06. The summed E-state index contributed by atoms with van der Waals surface area (Å²) in [5.41, 5.74) is 1.15. The molecule has 1 unspecified atom stereocenters. The van der Waals surface area contributed by atoms with E-state index in [4.69, 9.17) is 11.6 Å². The molecule has 0 aliphatic carbocycles. The van der Waals surface area contributed by atoms with Gasteiger partial charge in [0, 0.05) is 9.75 Å². The van der Waals surface area contributed by atoms with Crippen molar-refractivity contribution in [1.82, 2.24) is 0 Å². The number of rotatable bonds is 2. The molecule has 2 rings (SSSR count). The fourth-order valence-corrected chi connectivity index (χ4v) is 4.77. The molecule has 2 heterocycles. The Balaban J connectivity index is 2.31. The molecule has 0 N–H and O–H groups in total. The van der Waals surface area contributed by atoms with E-state index in [1.54, 1.807) is 22.7 Å². The van der Waals surface area contributed by atoms with Crippen LogP contribution in [-0.2, 0) is 0 Å². The Morgan fingerprint density at radius 1 is 1.27 bits per heavy atom. The van der Waals surface area contributed by atoms with Crippen LogP contribution in [0.5, 0.6) is 0 Å². The van der Waals surface area contributed by atoms with Crippen molar-refractivity contribution in [2.24, 2.45) is 0 Å². The first-order valence-electron chi connectivity index (χ1n) is 4.23. The molecule has 0 amide bonds. The summed E-state index contributed by atoms with van der Waals surface area (Å²) in [7, 11) is 0. The summed E-state index contributed by atoms with van der Waals surface area (Å²) in [6.07, 6.45) is 0. The van der Waals surface area contributed by atoms with Gasteiger partial charge < -0.3 is 0 Å². The van der Waals surface area contributed by atoms with Crippen LogP contribution in [-0.4, -0.2) is 0 Å². The lowest BCUT2D eigenvalue weighted by Gasteiger charge is -2.03. The SMILES string of the molecule is Cc1cc(C(Br)c2ccc(Br)s2)sc1Cl. The molecule has 0 aliphatic heterocycles. The fraction of sp³-hybridized carbons (Fsp3) is 0.200. The molecule has 0 aromatic carbocycles. The van der Waals surface area contributed by atoms with Crippen molar-refractivity contribution < 1.29 is 0 Å². The number of hydrogen-bond donors (Lipinski definition) is 0. The van der Waals surface area contributed by atoms with Gasteiger partial charge in [-0.05, 0) is 46.6 Å². The number of thiophene rings is 2. The van der Waals surface area contributed by atoms with Crippen molar-refractivity contribution >= 4 is 66.1 Å². The van der Waals surface area contributed by atoms with E-state index in [2.05, 4.69) is 50.1 Å². The molecule has 0 saturated heterocycles. The molecule has 0 aliphatic rings. The van der Waals surface area contributed by atoms with E-state index in [-0.39, 0.29) is 4.83 Å². The van der Waals surface area contributed by atoms with Gasteiger partial charge in [0.2, 0.25) is 0 Å². The molecule has 1 atom stereocenters. The van der Waals surface area contributed by atoms with Gasteiger partial charge in [-0.2, -0.15) is 0 Å². The summed E-state index contributed by atoms with van der Waals surface area (Å²) in [6.45, 7) is 2.03. The highest BCUT2D eigenvalue weighted by molar-refractivity contribution is 9.11. The van der Waals surface area contributed by atoms with Crippen molar-refractivity contribution in [3.8, 4) is 0 Å². The van der Waals surface area contributed by atoms with Gasteiger partial charge in [-0.3, -0.25) is 0 Å². The maximum absolute atomic E-state index is 6.06. The first kappa shape index (κ1) is 12.1. The van der Waals surface area contributed by atoms with Crippen LogP contribution < -0.4 is 0 Å². The van der Waals surface area contributed by atoms with Crippen LogP contribution in [0.15, 0.2) is 22.0 Å². The Bertz CT molecular complexity index is 456. The third kappa shape index (κ3) is 2.67. The van der Waals surface area contributed by atoms with Gasteiger partial charge in [-0.15, -0.1) is 22.7 Å². The predicted octanol–water partition coefficient (Wildman–Crippen LogP) is 6.02. The van der Waals surface area contributed by atoms with E-state index < -0.39 is 0 Å². The molecule has 2 aromatic rings. The summed E-state index contributed by atoms with van der Waals surface area (Å²) in [5.74, 6) is 0. The van der Waals surface area contributed by atoms with Crippen LogP contribution in [0, 0.1) is 6.92 Å². The van der Waals surface area contributed by atoms with E-state index >= 15 is 0 Å². The minimum atomic E-state index is 0.255. The Morgan fingerprint density at radius 2 is 2.00 bits per heavy atom. The summed E-state index contributed by atoms with van der Waals surface area (Å²) < 4.78 is 2.03. The highest BCUT2D eigenvalue weighted by atomic mass is 79.9. The maximum Gasteiger partial charge on any atom is 0.0960 e. The zero-order chi connectivity index (χ0) is 11.0. The quantitative estimate of drug-likeness (QED) is 0.554. The molecule has 0 fully saturated rings. The monoisotopic (exact) mass is 384 g/mol. The second-order valence-electron chi connectivity index (χ2n) is 3.11. The van der Waals surface area contributed by atoms with E-state index in [9.17, 15) is 0 Å². The topological polar surface area (TPSA) is 0 Å². The Hall–Kier alpha value is 0.650. The Kier molecular flexibility index (Phi) is 3.94. The first-order valence-corrected chi connectivity index (χ1v) is 7.95. The molecule has 80 valence electrons. The Morgan fingerprint density at radius 3 is 2.47 bits per heavy atom. The predicted molar refractivity (Wildman–Crippen MR) is 76.9 cm³/mol. The lowest BCUT2D eigenvalue weighted by atomic mass is 10.2. The molecular weight excluding hydrogens is 380 g/mol. The van der Waals surface area contributed by atoms with Crippen LogP contribution in [0.2, 0.25) is 4.34 Å². The Labute approximate surface area is 119 Å². The van der Waals surface area contributed by atoms with Crippen molar-refractivity contribution in [3.05, 3.63) is 41.6 Å². The summed E-state index contributed by atoms with van der Waals surface area (Å²) >= 11 is 16.6. The smallest absolute Gasteiger partial charge is 0.0960 e. The van der Waals surface area contributed by atoms with Gasteiger partial charge in [-0.1, -0.05) is 27.5 Å². The number of aryl methyl sites for hydroxylation is 1. The second-order valence-corrected chi connectivity index (χ2v) is 8.21. The van der Waals surface area contributed by atoms with Crippen molar-refractivity contribution in [1.29, 1.82) is 0 Å². The average Bonchev–Trinajstić information content (AvgIpc) is 2.74. The number of alkyl halides is 1. The van der Waals surface area contributed by atoms with E-state index in [1.807, 2.05) is 6.92 Å². The average molecular weight is 387 g/mol. The van der Waals surface area contributed by atoms with Crippen molar-refractivity contribution in [2.75, 3.05) is 0 Å². The molecule has 0 radical (unpaired) electrons. The van der Waals surface area contributed by atoms with Gasteiger partial charge in [0.1, 0.15) is 0 Å². The lowest BCUT2D eigenvalue weighted by molar-refractivity contribution is 1.28. The normalized spacial score (nSPS) is 13.1. The highest BCUT2D eigenvalue weighted by Gasteiger charge is 2.16. The number of hydrogen-bond acceptors (Lipinski definition) is 2. The van der Waals surface area contributed by atoms with Gasteiger partial charge in [-0.25, -0.2) is 0 Å². The van der Waals surface area contributed by atoms with Crippen LogP contribution in [0.25, 0.3) is 0 Å². The minimum absolute atomic E-state index is 0.255. The zero-order valence-electron chi connectivity index (χ0n) is 7.76. The molecule has 0 nitrogen and oxygen atoms in total. The van der Waals surface area contributed by atoms with E-state index in [0.717, 1.165) is 13.7 Å². The third-order valence-electron chi connectivity index (χ3n) is 1.97. The van der Waals surface area contributed by atoms with E-state index in [0.29, 0.717) is 0 Å². The lowest BCUT2D eigenvalue weighted by Crippen LogP contribution is -1.83. The standard InChI is InChI=1S/C10H7Br2ClS2/c1-5-4-7(15-10(5)13)9(12)6-2-3-8(11)14-6/h2-4,9H,1H3. The van der Waals surface area contributed by atoms with Crippen LogP contribution in [0.4, 0.5) is 0 Å². The number of halogens is 3. The first-order chi connectivity index (χ1) is 7.08. The second kappa shape index (κ2) is 4.88. The third-order valence-corrected chi connectivity index (χ3v) is 6.87. The minimum Gasteiger partial charge on any atom is -0.132 e. The van der Waals surface area contributed by atoms with Gasteiger partial charge in [0.05, 0.1) is 12.9 Å². The molecule has 2 aromatic heterocycles. The van der Waals surface area contributed by atoms with Crippen LogP contribution in [0.3, 0.4) is 0 Å². The molecule has 15 heavy (non-hydrogen) atoms. The zero-order valence-corrected chi connectivity index (χ0v) is 13.3. The fourth-order valence-electron chi connectivity index (χ4n) is 1.21. The van der Waals surface area contributed by atoms with Crippen LogP contribution >= 0.6 is 66.1 Å². The van der Waals surface area contributed by atoms with E-state index in [1.165, 1.54) is 9.75 Å². The largest absolute Gasteiger partial charge is 0.132 e. The summed E-state index contributed by atoms with van der Waals surface area (Å²) in [5, 5.41) is 0. The highest BCUT2D eigenvalue weighted by Crippen LogP contribution is 2.41. The van der Waals surface area contributed by atoms with Crippen molar-refractivity contribution in [3.63, 3.8) is 0 Å². The molecule has 0 spiro atoms.